The number of rotatable bonds is 8. The van der Waals surface area contributed by atoms with Crippen molar-refractivity contribution in [3.63, 3.8) is 0 Å². The highest BCUT2D eigenvalue weighted by Gasteiger charge is 2.02. The predicted molar refractivity (Wildman–Crippen MR) is 107 cm³/mol. The van der Waals surface area contributed by atoms with Gasteiger partial charge in [-0.25, -0.2) is 0 Å². The minimum Gasteiger partial charge on any atom is -0.366 e. The number of carbonyl (C=O) groups is 1. The fourth-order valence-corrected chi connectivity index (χ4v) is 3.43. The van der Waals surface area contributed by atoms with Crippen molar-refractivity contribution in [1.29, 1.82) is 0 Å². The Balaban J connectivity index is 1.46. The molecule has 3 aromatic carbocycles. The molecule has 0 atom stereocenters. The summed E-state index contributed by atoms with van der Waals surface area (Å²) < 4.78 is 0. The maximum Gasteiger partial charge on any atom is 0.248 e. The van der Waals surface area contributed by atoms with Crippen molar-refractivity contribution in [3.8, 4) is 0 Å². The Hall–Kier alpha value is -2.56. The van der Waals surface area contributed by atoms with Crippen molar-refractivity contribution < 1.29 is 4.79 Å². The second kappa shape index (κ2) is 9.22. The molecule has 132 valence electrons. The summed E-state index contributed by atoms with van der Waals surface area (Å²) in [6.07, 6.45) is 1.04. The van der Waals surface area contributed by atoms with Gasteiger partial charge in [0.1, 0.15) is 0 Å². The van der Waals surface area contributed by atoms with Crippen molar-refractivity contribution in [3.05, 3.63) is 95.6 Å². The van der Waals surface area contributed by atoms with Gasteiger partial charge >= 0.3 is 0 Å². The fourth-order valence-electron chi connectivity index (χ4n) is 2.61. The molecule has 0 aliphatic carbocycles. The zero-order chi connectivity index (χ0) is 18.2. The van der Waals surface area contributed by atoms with Gasteiger partial charge in [-0.2, -0.15) is 0 Å². The molecule has 3 N–H and O–H groups in total. The van der Waals surface area contributed by atoms with E-state index in [2.05, 4.69) is 53.8 Å². The molecule has 0 fully saturated rings. The summed E-state index contributed by atoms with van der Waals surface area (Å²) in [5.74, 6) is -0.398. The van der Waals surface area contributed by atoms with Gasteiger partial charge in [0.25, 0.3) is 0 Å². The average Bonchev–Trinajstić information content (AvgIpc) is 2.68. The summed E-state index contributed by atoms with van der Waals surface area (Å²) in [5.41, 5.74) is 8.42. The third kappa shape index (κ3) is 5.48. The molecular weight excluding hydrogens is 340 g/mol. The molecule has 1 amide bonds. The van der Waals surface area contributed by atoms with E-state index < -0.39 is 5.91 Å². The summed E-state index contributed by atoms with van der Waals surface area (Å²) >= 11 is 1.67. The maximum atomic E-state index is 11.1. The lowest BCUT2D eigenvalue weighted by atomic mass is 10.1. The van der Waals surface area contributed by atoms with Crippen LogP contribution in [-0.4, -0.2) is 12.5 Å². The molecule has 3 aromatic rings. The number of carbonyl (C=O) groups excluding carboxylic acids is 1. The Bertz CT molecular complexity index is 830. The molecule has 0 aliphatic heterocycles. The van der Waals surface area contributed by atoms with Gasteiger partial charge in [-0.05, 0) is 60.5 Å². The largest absolute Gasteiger partial charge is 0.366 e. The van der Waals surface area contributed by atoms with Crippen molar-refractivity contribution in [2.45, 2.75) is 22.8 Å². The molecule has 0 spiro atoms. The van der Waals surface area contributed by atoms with E-state index in [1.54, 1.807) is 23.9 Å². The van der Waals surface area contributed by atoms with E-state index >= 15 is 0 Å². The SMILES string of the molecule is NC(=O)c1ccc(Sc2ccc(CNCCc3ccccc3)cc2)cc1. The molecule has 0 saturated heterocycles. The lowest BCUT2D eigenvalue weighted by molar-refractivity contribution is 0.1000. The summed E-state index contributed by atoms with van der Waals surface area (Å²) in [4.78, 5) is 13.4. The van der Waals surface area contributed by atoms with E-state index in [4.69, 9.17) is 5.73 Å². The van der Waals surface area contributed by atoms with Crippen LogP contribution in [0.2, 0.25) is 0 Å². The summed E-state index contributed by atoms with van der Waals surface area (Å²) in [6.45, 7) is 1.83. The first-order valence-electron chi connectivity index (χ1n) is 8.62. The summed E-state index contributed by atoms with van der Waals surface area (Å²) in [7, 11) is 0. The molecule has 3 rings (SSSR count). The normalized spacial score (nSPS) is 10.6. The molecule has 4 heteroatoms. The highest BCUT2D eigenvalue weighted by atomic mass is 32.2. The third-order valence-corrected chi connectivity index (χ3v) is 5.08. The standard InChI is InChI=1S/C22H22N2OS/c23-22(25)19-8-12-21(13-9-19)26-20-10-6-18(7-11-20)16-24-15-14-17-4-2-1-3-5-17/h1-13,24H,14-16H2,(H2,23,25). The van der Waals surface area contributed by atoms with Crippen LogP contribution in [-0.2, 0) is 13.0 Å². The number of nitrogens with two attached hydrogens (primary N) is 1. The van der Waals surface area contributed by atoms with Gasteiger partial charge in [0.05, 0.1) is 0 Å². The van der Waals surface area contributed by atoms with Crippen LogP contribution in [0.3, 0.4) is 0 Å². The Morgan fingerprint density at radius 3 is 2.04 bits per heavy atom. The summed E-state index contributed by atoms with van der Waals surface area (Å²) in [6, 6.07) is 26.4. The van der Waals surface area contributed by atoms with Crippen LogP contribution < -0.4 is 11.1 Å². The molecule has 0 aliphatic rings. The average molecular weight is 362 g/mol. The van der Waals surface area contributed by atoms with Gasteiger partial charge in [-0.3, -0.25) is 4.79 Å². The van der Waals surface area contributed by atoms with Gasteiger partial charge < -0.3 is 11.1 Å². The van der Waals surface area contributed by atoms with E-state index in [1.807, 2.05) is 18.2 Å². The second-order valence-electron chi connectivity index (χ2n) is 6.05. The first-order valence-corrected chi connectivity index (χ1v) is 9.44. The Kier molecular flexibility index (Phi) is 6.47. The van der Waals surface area contributed by atoms with Crippen molar-refractivity contribution in [2.24, 2.45) is 5.73 Å². The molecular formula is C22H22N2OS. The lowest BCUT2D eigenvalue weighted by Crippen LogP contribution is -2.16. The monoisotopic (exact) mass is 362 g/mol. The van der Waals surface area contributed by atoms with E-state index in [9.17, 15) is 4.79 Å². The summed E-state index contributed by atoms with van der Waals surface area (Å²) in [5, 5.41) is 3.49. The van der Waals surface area contributed by atoms with Gasteiger partial charge in [-0.15, -0.1) is 0 Å². The van der Waals surface area contributed by atoms with Gasteiger partial charge in [0.15, 0.2) is 0 Å². The van der Waals surface area contributed by atoms with Crippen molar-refractivity contribution in [1.82, 2.24) is 5.32 Å². The zero-order valence-electron chi connectivity index (χ0n) is 14.5. The number of benzene rings is 3. The van der Waals surface area contributed by atoms with Crippen LogP contribution >= 0.6 is 11.8 Å². The quantitative estimate of drug-likeness (QED) is 0.589. The third-order valence-electron chi connectivity index (χ3n) is 4.06. The van der Waals surface area contributed by atoms with Gasteiger partial charge in [-0.1, -0.05) is 54.2 Å². The van der Waals surface area contributed by atoms with Gasteiger partial charge in [0, 0.05) is 21.9 Å². The molecule has 0 heterocycles. The smallest absolute Gasteiger partial charge is 0.248 e. The first-order chi connectivity index (χ1) is 12.7. The number of primary amides is 1. The van der Waals surface area contributed by atoms with Crippen LogP contribution in [0.5, 0.6) is 0 Å². The minimum atomic E-state index is -0.398. The molecule has 26 heavy (non-hydrogen) atoms. The fraction of sp³-hybridized carbons (Fsp3) is 0.136. The second-order valence-corrected chi connectivity index (χ2v) is 7.19. The minimum absolute atomic E-state index is 0.398. The highest BCUT2D eigenvalue weighted by molar-refractivity contribution is 7.99. The number of nitrogens with one attached hydrogen (secondary N) is 1. The Morgan fingerprint density at radius 2 is 1.42 bits per heavy atom. The Labute approximate surface area is 158 Å². The lowest BCUT2D eigenvalue weighted by Gasteiger charge is -2.07. The van der Waals surface area contributed by atoms with Crippen LogP contribution in [0, 0.1) is 0 Å². The van der Waals surface area contributed by atoms with Crippen LogP contribution in [0.25, 0.3) is 0 Å². The molecule has 0 saturated carbocycles. The number of hydrogen-bond donors (Lipinski definition) is 2. The number of hydrogen-bond acceptors (Lipinski definition) is 3. The van der Waals surface area contributed by atoms with E-state index in [-0.39, 0.29) is 0 Å². The van der Waals surface area contributed by atoms with E-state index in [1.165, 1.54) is 16.0 Å². The van der Waals surface area contributed by atoms with Crippen molar-refractivity contribution >= 4 is 17.7 Å². The van der Waals surface area contributed by atoms with Crippen molar-refractivity contribution in [2.75, 3.05) is 6.54 Å². The molecule has 0 radical (unpaired) electrons. The van der Waals surface area contributed by atoms with Crippen LogP contribution in [0.15, 0.2) is 88.7 Å². The molecule has 3 nitrogen and oxygen atoms in total. The first kappa shape index (κ1) is 18.2. The molecule has 0 unspecified atom stereocenters. The Morgan fingerprint density at radius 1 is 0.808 bits per heavy atom. The number of amides is 1. The molecule has 0 bridgehead atoms. The maximum absolute atomic E-state index is 11.1. The van der Waals surface area contributed by atoms with Crippen LogP contribution in [0.1, 0.15) is 21.5 Å². The van der Waals surface area contributed by atoms with E-state index in [0.717, 1.165) is 24.4 Å². The molecule has 0 aromatic heterocycles. The highest BCUT2D eigenvalue weighted by Crippen LogP contribution is 2.27. The zero-order valence-corrected chi connectivity index (χ0v) is 15.3. The van der Waals surface area contributed by atoms with Crippen LogP contribution in [0.4, 0.5) is 0 Å². The van der Waals surface area contributed by atoms with Gasteiger partial charge in [0.2, 0.25) is 5.91 Å². The topological polar surface area (TPSA) is 55.1 Å². The predicted octanol–water partition coefficient (Wildman–Crippen LogP) is 4.27. The van der Waals surface area contributed by atoms with E-state index in [0.29, 0.717) is 5.56 Å².